The molecule has 0 aliphatic heterocycles. The van der Waals surface area contributed by atoms with Gasteiger partial charge in [-0.3, -0.25) is 9.88 Å². The fraction of sp³-hybridized carbons (Fsp3) is 0.464. The Balaban J connectivity index is 0.000000262. The molecule has 0 amide bonds. The lowest BCUT2D eigenvalue weighted by Crippen LogP contribution is -2.25. The van der Waals surface area contributed by atoms with Gasteiger partial charge in [-0.25, -0.2) is 0 Å². The first-order valence-electron chi connectivity index (χ1n) is 11.9. The van der Waals surface area contributed by atoms with Crippen LogP contribution in [0, 0.1) is 0 Å². The van der Waals surface area contributed by atoms with Gasteiger partial charge in [0, 0.05) is 18.1 Å². The summed E-state index contributed by atoms with van der Waals surface area (Å²) in [6, 6.07) is 18.9. The van der Waals surface area contributed by atoms with Gasteiger partial charge in [-0.15, -0.1) is 0 Å². The number of hydrogen-bond donors (Lipinski definition) is 0. The van der Waals surface area contributed by atoms with Gasteiger partial charge in [0.2, 0.25) is 0 Å². The van der Waals surface area contributed by atoms with E-state index < -0.39 is 0 Å². The monoisotopic (exact) mass is 420 g/mol. The van der Waals surface area contributed by atoms with Crippen molar-refractivity contribution in [3.63, 3.8) is 0 Å². The van der Waals surface area contributed by atoms with Crippen LogP contribution in [0.4, 0.5) is 0 Å². The van der Waals surface area contributed by atoms with E-state index in [0.29, 0.717) is 0 Å². The molecule has 0 saturated carbocycles. The maximum atomic E-state index is 5.34. The maximum absolute atomic E-state index is 5.34. The second-order valence-electron chi connectivity index (χ2n) is 8.07. The van der Waals surface area contributed by atoms with Gasteiger partial charge in [-0.05, 0) is 74.2 Å². The molecule has 31 heavy (non-hydrogen) atoms. The Morgan fingerprint density at radius 3 is 2.23 bits per heavy atom. The Kier molecular flexibility index (Phi) is 11.7. The second kappa shape index (κ2) is 14.6. The van der Waals surface area contributed by atoms with Gasteiger partial charge in [0.25, 0.3) is 0 Å². The topological polar surface area (TPSA) is 25.4 Å². The van der Waals surface area contributed by atoms with Crippen molar-refractivity contribution in [3.8, 4) is 5.75 Å². The van der Waals surface area contributed by atoms with E-state index in [9.17, 15) is 0 Å². The summed E-state index contributed by atoms with van der Waals surface area (Å²) in [5.74, 6) is 0.893. The molecule has 168 valence electrons. The van der Waals surface area contributed by atoms with Crippen LogP contribution in [0.1, 0.15) is 64.0 Å². The minimum atomic E-state index is 0.893. The zero-order chi connectivity index (χ0) is 22.3. The van der Waals surface area contributed by atoms with Crippen LogP contribution in [0.15, 0.2) is 60.8 Å². The van der Waals surface area contributed by atoms with Crippen LogP contribution in [-0.2, 0) is 13.0 Å². The van der Waals surface area contributed by atoms with Crippen molar-refractivity contribution in [2.24, 2.45) is 0 Å². The first-order valence-corrected chi connectivity index (χ1v) is 11.9. The molecule has 0 bridgehead atoms. The van der Waals surface area contributed by atoms with Crippen molar-refractivity contribution in [3.05, 3.63) is 71.9 Å². The molecule has 2 aromatic carbocycles. The number of benzene rings is 2. The third kappa shape index (κ3) is 8.70. The molecule has 3 heteroatoms. The molecule has 3 aromatic rings. The van der Waals surface area contributed by atoms with Crippen molar-refractivity contribution in [1.82, 2.24) is 9.88 Å². The summed E-state index contributed by atoms with van der Waals surface area (Å²) in [6.45, 7) is 9.97. The highest BCUT2D eigenvalue weighted by Crippen LogP contribution is 2.23. The van der Waals surface area contributed by atoms with E-state index in [-0.39, 0.29) is 0 Å². The van der Waals surface area contributed by atoms with Gasteiger partial charge in [0.15, 0.2) is 0 Å². The highest BCUT2D eigenvalue weighted by molar-refractivity contribution is 5.83. The molecule has 3 rings (SSSR count). The SMILES string of the molecule is CCCCCc1ccccc1.CCCN(CCC)Cc1ccnc2ccc(OC)cc12. The van der Waals surface area contributed by atoms with Gasteiger partial charge in [0.05, 0.1) is 12.6 Å². The summed E-state index contributed by atoms with van der Waals surface area (Å²) in [5.41, 5.74) is 3.84. The average Bonchev–Trinajstić information content (AvgIpc) is 2.81. The quantitative estimate of drug-likeness (QED) is 0.305. The predicted octanol–water partition coefficient (Wildman–Crippen LogP) is 7.28. The van der Waals surface area contributed by atoms with Crippen molar-refractivity contribution in [1.29, 1.82) is 0 Å². The van der Waals surface area contributed by atoms with Gasteiger partial charge in [-0.2, -0.15) is 0 Å². The number of nitrogens with zero attached hydrogens (tertiary/aromatic N) is 2. The van der Waals surface area contributed by atoms with E-state index >= 15 is 0 Å². The fourth-order valence-electron chi connectivity index (χ4n) is 3.81. The number of hydrogen-bond acceptors (Lipinski definition) is 3. The molecule has 0 fully saturated rings. The Labute approximate surface area is 189 Å². The molecule has 0 aliphatic rings. The minimum absolute atomic E-state index is 0.893. The molecule has 3 nitrogen and oxygen atoms in total. The largest absolute Gasteiger partial charge is 0.497 e. The normalized spacial score (nSPS) is 10.7. The lowest BCUT2D eigenvalue weighted by molar-refractivity contribution is 0.267. The van der Waals surface area contributed by atoms with Crippen molar-refractivity contribution < 1.29 is 4.74 Å². The molecular weight excluding hydrogens is 380 g/mol. The number of rotatable bonds is 11. The maximum Gasteiger partial charge on any atom is 0.119 e. The summed E-state index contributed by atoms with van der Waals surface area (Å²) < 4.78 is 5.34. The number of fused-ring (bicyclic) bond motifs is 1. The summed E-state index contributed by atoms with van der Waals surface area (Å²) in [4.78, 5) is 6.95. The molecule has 0 saturated heterocycles. The summed E-state index contributed by atoms with van der Waals surface area (Å²) in [7, 11) is 1.71. The number of methoxy groups -OCH3 is 1. The minimum Gasteiger partial charge on any atom is -0.497 e. The third-order valence-electron chi connectivity index (χ3n) is 5.42. The van der Waals surface area contributed by atoms with Crippen LogP contribution in [-0.4, -0.2) is 30.1 Å². The van der Waals surface area contributed by atoms with Crippen LogP contribution in [0.25, 0.3) is 10.9 Å². The molecule has 1 aromatic heterocycles. The van der Waals surface area contributed by atoms with E-state index in [4.69, 9.17) is 4.74 Å². The van der Waals surface area contributed by atoms with Crippen molar-refractivity contribution in [2.45, 2.75) is 65.8 Å². The van der Waals surface area contributed by atoms with Crippen molar-refractivity contribution in [2.75, 3.05) is 20.2 Å². The zero-order valence-electron chi connectivity index (χ0n) is 19.9. The Morgan fingerprint density at radius 1 is 0.839 bits per heavy atom. The van der Waals surface area contributed by atoms with Crippen LogP contribution in [0.2, 0.25) is 0 Å². The number of pyridine rings is 1. The second-order valence-corrected chi connectivity index (χ2v) is 8.07. The molecule has 0 atom stereocenters. The molecule has 0 spiro atoms. The Hall–Kier alpha value is -2.39. The average molecular weight is 421 g/mol. The number of aromatic nitrogens is 1. The molecule has 0 unspecified atom stereocenters. The first kappa shape index (κ1) is 24.9. The molecule has 0 aliphatic carbocycles. The van der Waals surface area contributed by atoms with Crippen LogP contribution in [0.3, 0.4) is 0 Å². The standard InChI is InChI=1S/C17H24N2O.C11H16/c1-4-10-19(11-5-2)13-14-8-9-18-17-7-6-15(20-3)12-16(14)17;1-2-3-5-8-11-9-6-4-7-10-11/h6-9,12H,4-5,10-11,13H2,1-3H3;4,6-7,9-10H,2-3,5,8H2,1H3. The molecule has 1 heterocycles. The molecular formula is C28H40N2O. The highest BCUT2D eigenvalue weighted by Gasteiger charge is 2.08. The van der Waals surface area contributed by atoms with Gasteiger partial charge >= 0.3 is 0 Å². The third-order valence-corrected chi connectivity index (χ3v) is 5.42. The molecule has 0 radical (unpaired) electrons. The summed E-state index contributed by atoms with van der Waals surface area (Å²) >= 11 is 0. The zero-order valence-corrected chi connectivity index (χ0v) is 19.9. The van der Waals surface area contributed by atoms with Crippen LogP contribution in [0.5, 0.6) is 5.75 Å². The van der Waals surface area contributed by atoms with E-state index in [1.54, 1.807) is 7.11 Å². The lowest BCUT2D eigenvalue weighted by Gasteiger charge is -2.21. The number of aryl methyl sites for hydroxylation is 1. The van der Waals surface area contributed by atoms with Gasteiger partial charge in [-0.1, -0.05) is 63.9 Å². The molecule has 0 N–H and O–H groups in total. The van der Waals surface area contributed by atoms with E-state index in [0.717, 1.165) is 30.9 Å². The fourth-order valence-corrected chi connectivity index (χ4v) is 3.81. The Morgan fingerprint density at radius 2 is 1.58 bits per heavy atom. The lowest BCUT2D eigenvalue weighted by atomic mass is 10.1. The van der Waals surface area contributed by atoms with Crippen LogP contribution < -0.4 is 4.74 Å². The van der Waals surface area contributed by atoms with Crippen molar-refractivity contribution >= 4 is 10.9 Å². The highest BCUT2D eigenvalue weighted by atomic mass is 16.5. The first-order chi connectivity index (χ1) is 15.2. The van der Waals surface area contributed by atoms with Gasteiger partial charge < -0.3 is 4.74 Å². The smallest absolute Gasteiger partial charge is 0.119 e. The number of unbranched alkanes of at least 4 members (excludes halogenated alkanes) is 2. The summed E-state index contributed by atoms with van der Waals surface area (Å²) in [6.07, 6.45) is 9.52. The van der Waals surface area contributed by atoms with E-state index in [2.05, 4.69) is 73.1 Å². The van der Waals surface area contributed by atoms with E-state index in [1.807, 2.05) is 18.3 Å². The summed E-state index contributed by atoms with van der Waals surface area (Å²) in [5, 5.41) is 1.20. The number of ether oxygens (including phenoxy) is 1. The predicted molar refractivity (Wildman–Crippen MR) is 134 cm³/mol. The van der Waals surface area contributed by atoms with Gasteiger partial charge in [0.1, 0.15) is 5.75 Å². The van der Waals surface area contributed by atoms with E-state index in [1.165, 1.54) is 55.0 Å². The Bertz CT molecular complexity index is 857. The van der Waals surface area contributed by atoms with Crippen LogP contribution >= 0.6 is 0 Å².